The molecular formula is C18H16N6O. The Labute approximate surface area is 143 Å². The van der Waals surface area contributed by atoms with Crippen LogP contribution >= 0.6 is 0 Å². The van der Waals surface area contributed by atoms with E-state index in [1.54, 1.807) is 11.0 Å². The summed E-state index contributed by atoms with van der Waals surface area (Å²) in [5.41, 5.74) is 3.35. The van der Waals surface area contributed by atoms with Crippen molar-refractivity contribution in [1.29, 1.82) is 0 Å². The second kappa shape index (κ2) is 6.12. The van der Waals surface area contributed by atoms with Crippen LogP contribution in [0.25, 0.3) is 16.6 Å². The summed E-state index contributed by atoms with van der Waals surface area (Å²) < 4.78 is 3.67. The largest absolute Gasteiger partial charge is 0.351 e. The van der Waals surface area contributed by atoms with Crippen LogP contribution < -0.4 is 10.6 Å². The van der Waals surface area contributed by atoms with E-state index in [9.17, 15) is 4.79 Å². The summed E-state index contributed by atoms with van der Waals surface area (Å²) >= 11 is 0. The molecule has 2 N–H and O–H groups in total. The zero-order valence-corrected chi connectivity index (χ0v) is 13.5. The van der Waals surface area contributed by atoms with Crippen LogP contribution in [0.15, 0.2) is 67.4 Å². The van der Waals surface area contributed by atoms with E-state index in [1.807, 2.05) is 66.3 Å². The van der Waals surface area contributed by atoms with Crippen molar-refractivity contribution in [3.63, 3.8) is 0 Å². The molecule has 0 unspecified atom stereocenters. The zero-order valence-electron chi connectivity index (χ0n) is 13.5. The highest BCUT2D eigenvalue weighted by Gasteiger charge is 2.06. The number of anilines is 2. The van der Waals surface area contributed by atoms with Gasteiger partial charge in [-0.05, 0) is 42.5 Å². The Morgan fingerprint density at radius 2 is 1.88 bits per heavy atom. The molecule has 2 amide bonds. The molecular weight excluding hydrogens is 316 g/mol. The summed E-state index contributed by atoms with van der Waals surface area (Å²) in [4.78, 5) is 16.2. The summed E-state index contributed by atoms with van der Waals surface area (Å²) in [5, 5.41) is 10.8. The van der Waals surface area contributed by atoms with E-state index < -0.39 is 0 Å². The first-order chi connectivity index (χ1) is 12.2. The van der Waals surface area contributed by atoms with Crippen LogP contribution in [0.2, 0.25) is 0 Å². The summed E-state index contributed by atoms with van der Waals surface area (Å²) in [6.45, 7) is 0. The van der Waals surface area contributed by atoms with Crippen molar-refractivity contribution in [2.24, 2.45) is 7.05 Å². The van der Waals surface area contributed by atoms with Crippen molar-refractivity contribution in [3.8, 4) is 5.69 Å². The molecule has 2 aromatic heterocycles. The van der Waals surface area contributed by atoms with Gasteiger partial charge in [0.05, 0.1) is 5.69 Å². The average molecular weight is 332 g/mol. The van der Waals surface area contributed by atoms with E-state index in [-0.39, 0.29) is 6.03 Å². The van der Waals surface area contributed by atoms with Crippen LogP contribution in [0.5, 0.6) is 0 Å². The van der Waals surface area contributed by atoms with Gasteiger partial charge in [-0.15, -0.1) is 0 Å². The molecule has 0 atom stereocenters. The van der Waals surface area contributed by atoms with Gasteiger partial charge in [0.15, 0.2) is 0 Å². The summed E-state index contributed by atoms with van der Waals surface area (Å²) in [5.74, 6) is 0. The van der Waals surface area contributed by atoms with Gasteiger partial charge in [-0.2, -0.15) is 5.10 Å². The number of hydrogen-bond acceptors (Lipinski definition) is 3. The number of urea groups is 1. The maximum Gasteiger partial charge on any atom is 0.323 e. The third-order valence-electron chi connectivity index (χ3n) is 3.93. The van der Waals surface area contributed by atoms with Gasteiger partial charge in [0.2, 0.25) is 0 Å². The molecule has 0 saturated carbocycles. The highest BCUT2D eigenvalue weighted by atomic mass is 16.2. The predicted octanol–water partition coefficient (Wildman–Crippen LogP) is 3.40. The Bertz CT molecular complexity index is 1030. The lowest BCUT2D eigenvalue weighted by Gasteiger charge is -2.09. The summed E-state index contributed by atoms with van der Waals surface area (Å²) in [6, 6.07) is 14.9. The molecule has 0 fully saturated rings. The van der Waals surface area contributed by atoms with Gasteiger partial charge in [-0.25, -0.2) is 14.5 Å². The molecule has 0 aliphatic heterocycles. The number of benzene rings is 2. The minimum Gasteiger partial charge on any atom is -0.351 e. The number of amides is 2. The van der Waals surface area contributed by atoms with E-state index >= 15 is 0 Å². The Balaban J connectivity index is 1.49. The molecule has 7 heteroatoms. The highest BCUT2D eigenvalue weighted by molar-refractivity contribution is 6.01. The van der Waals surface area contributed by atoms with Crippen molar-refractivity contribution in [1.82, 2.24) is 19.3 Å². The summed E-state index contributed by atoms with van der Waals surface area (Å²) in [6.07, 6.45) is 5.06. The van der Waals surface area contributed by atoms with E-state index in [0.29, 0.717) is 5.69 Å². The Morgan fingerprint density at radius 3 is 2.68 bits per heavy atom. The molecule has 0 saturated heterocycles. The first kappa shape index (κ1) is 14.9. The molecule has 0 aliphatic carbocycles. The van der Waals surface area contributed by atoms with Gasteiger partial charge in [-0.3, -0.25) is 0 Å². The SMILES string of the molecule is Cn1ccc2cc(NC(=O)Nc3cccc(-n4cncn4)c3)ccc21. The fourth-order valence-electron chi connectivity index (χ4n) is 2.72. The van der Waals surface area contributed by atoms with Crippen molar-refractivity contribution < 1.29 is 4.79 Å². The highest BCUT2D eigenvalue weighted by Crippen LogP contribution is 2.20. The normalized spacial score (nSPS) is 10.8. The number of carbonyl (C=O) groups excluding carboxylic acids is 1. The second-order valence-corrected chi connectivity index (χ2v) is 5.67. The number of carbonyl (C=O) groups is 1. The van der Waals surface area contributed by atoms with Crippen molar-refractivity contribution >= 4 is 28.3 Å². The number of fused-ring (bicyclic) bond motifs is 1. The van der Waals surface area contributed by atoms with Crippen LogP contribution in [0, 0.1) is 0 Å². The van der Waals surface area contributed by atoms with Crippen LogP contribution in [-0.2, 0) is 7.05 Å². The fourth-order valence-corrected chi connectivity index (χ4v) is 2.72. The molecule has 0 spiro atoms. The molecule has 0 aliphatic rings. The standard InChI is InChI=1S/C18H16N6O/c1-23-8-7-13-9-15(5-6-17(13)23)22-18(25)21-14-3-2-4-16(10-14)24-12-19-11-20-24/h2-12H,1H3,(H2,21,22,25). The van der Waals surface area contributed by atoms with E-state index in [1.165, 1.54) is 6.33 Å². The van der Waals surface area contributed by atoms with Gasteiger partial charge in [0.1, 0.15) is 12.7 Å². The minimum absolute atomic E-state index is 0.300. The molecule has 4 rings (SSSR count). The van der Waals surface area contributed by atoms with Crippen molar-refractivity contribution in [3.05, 3.63) is 67.4 Å². The number of aromatic nitrogens is 4. The molecule has 2 heterocycles. The monoisotopic (exact) mass is 332 g/mol. The fraction of sp³-hybridized carbons (Fsp3) is 0.0556. The van der Waals surface area contributed by atoms with E-state index in [2.05, 4.69) is 20.7 Å². The molecule has 0 radical (unpaired) electrons. The van der Waals surface area contributed by atoms with Gasteiger partial charge in [-0.1, -0.05) is 6.07 Å². The van der Waals surface area contributed by atoms with Crippen molar-refractivity contribution in [2.75, 3.05) is 10.6 Å². The lowest BCUT2D eigenvalue weighted by molar-refractivity contribution is 0.262. The Kier molecular flexibility index (Phi) is 3.66. The first-order valence-electron chi connectivity index (χ1n) is 7.77. The zero-order chi connectivity index (χ0) is 17.2. The number of nitrogens with one attached hydrogen (secondary N) is 2. The maximum absolute atomic E-state index is 12.3. The third kappa shape index (κ3) is 3.07. The molecule has 7 nitrogen and oxygen atoms in total. The van der Waals surface area contributed by atoms with Crippen molar-refractivity contribution in [2.45, 2.75) is 0 Å². The number of nitrogens with zero attached hydrogens (tertiary/aromatic N) is 4. The number of hydrogen-bond donors (Lipinski definition) is 2. The average Bonchev–Trinajstić information content (AvgIpc) is 3.25. The molecule has 25 heavy (non-hydrogen) atoms. The third-order valence-corrected chi connectivity index (χ3v) is 3.93. The summed E-state index contributed by atoms with van der Waals surface area (Å²) in [7, 11) is 1.99. The molecule has 4 aromatic rings. The second-order valence-electron chi connectivity index (χ2n) is 5.67. The van der Waals surface area contributed by atoms with Crippen LogP contribution in [-0.4, -0.2) is 25.4 Å². The Hall–Kier alpha value is -3.61. The lowest BCUT2D eigenvalue weighted by Crippen LogP contribution is -2.19. The van der Waals surface area contributed by atoms with E-state index in [0.717, 1.165) is 22.3 Å². The van der Waals surface area contributed by atoms with E-state index in [4.69, 9.17) is 0 Å². The van der Waals surface area contributed by atoms with Gasteiger partial charge in [0, 0.05) is 35.5 Å². The van der Waals surface area contributed by atoms with Crippen LogP contribution in [0.3, 0.4) is 0 Å². The van der Waals surface area contributed by atoms with Gasteiger partial charge < -0.3 is 15.2 Å². The molecule has 124 valence electrons. The number of rotatable bonds is 3. The topological polar surface area (TPSA) is 76.8 Å². The molecule has 2 aromatic carbocycles. The van der Waals surface area contributed by atoms with Crippen LogP contribution in [0.1, 0.15) is 0 Å². The predicted molar refractivity (Wildman–Crippen MR) is 96.9 cm³/mol. The first-order valence-corrected chi connectivity index (χ1v) is 7.77. The van der Waals surface area contributed by atoms with Crippen LogP contribution in [0.4, 0.5) is 16.2 Å². The lowest BCUT2D eigenvalue weighted by atomic mass is 10.2. The smallest absolute Gasteiger partial charge is 0.323 e. The minimum atomic E-state index is -0.300. The molecule has 0 bridgehead atoms. The van der Waals surface area contributed by atoms with Gasteiger partial charge in [0.25, 0.3) is 0 Å². The Morgan fingerprint density at radius 1 is 1.04 bits per heavy atom. The quantitative estimate of drug-likeness (QED) is 0.603. The maximum atomic E-state index is 12.3. The number of aryl methyl sites for hydroxylation is 1. The van der Waals surface area contributed by atoms with Gasteiger partial charge >= 0.3 is 6.03 Å².